The van der Waals surface area contributed by atoms with Gasteiger partial charge in [-0.15, -0.1) is 0 Å². The molecule has 0 aliphatic carbocycles. The van der Waals surface area contributed by atoms with E-state index < -0.39 is 29.5 Å². The van der Waals surface area contributed by atoms with Gasteiger partial charge in [0.1, 0.15) is 5.69 Å². The zero-order valence-corrected chi connectivity index (χ0v) is 16.7. The fraction of sp³-hybridized carbons (Fsp3) is 0.0909. The van der Waals surface area contributed by atoms with Crippen molar-refractivity contribution in [3.05, 3.63) is 82.9 Å². The molecule has 166 valence electrons. The average Bonchev–Trinajstić information content (AvgIpc) is 3.03. The van der Waals surface area contributed by atoms with Crippen molar-refractivity contribution in [2.45, 2.75) is 6.18 Å². The van der Waals surface area contributed by atoms with Crippen LogP contribution in [0.2, 0.25) is 0 Å². The van der Waals surface area contributed by atoms with E-state index in [0.29, 0.717) is 27.5 Å². The van der Waals surface area contributed by atoms with E-state index in [2.05, 4.69) is 15.0 Å². The molecule has 0 N–H and O–H groups in total. The quantitative estimate of drug-likeness (QED) is 0.286. The van der Waals surface area contributed by atoms with Crippen LogP contribution >= 0.6 is 0 Å². The predicted molar refractivity (Wildman–Crippen MR) is 110 cm³/mol. The zero-order chi connectivity index (χ0) is 23.5. The molecule has 0 saturated heterocycles. The first kappa shape index (κ1) is 20.7. The summed E-state index contributed by atoms with van der Waals surface area (Å²) in [5.41, 5.74) is 0.112. The zero-order valence-electron chi connectivity index (χ0n) is 16.7. The molecule has 0 saturated carbocycles. The van der Waals surface area contributed by atoms with Gasteiger partial charge in [-0.25, -0.2) is 9.78 Å². The van der Waals surface area contributed by atoms with E-state index in [1.54, 1.807) is 18.2 Å². The Morgan fingerprint density at radius 2 is 1.73 bits per heavy atom. The number of imidazole rings is 1. The number of halogens is 5. The fourth-order valence-electron chi connectivity index (χ4n) is 3.72. The van der Waals surface area contributed by atoms with Crippen LogP contribution < -0.4 is 5.69 Å². The van der Waals surface area contributed by atoms with Crippen LogP contribution in [0.5, 0.6) is 0 Å². The van der Waals surface area contributed by atoms with Crippen molar-refractivity contribution >= 4 is 21.9 Å². The SMILES string of the molecule is Cn1c(=O)n(-c2ccc(C(F)(F)F)nc2)c2c3cc(-c4ccc(F)nc4F)ccc3ncc21. The molecule has 1 aromatic carbocycles. The molecule has 0 spiro atoms. The van der Waals surface area contributed by atoms with E-state index in [9.17, 15) is 26.7 Å². The Morgan fingerprint density at radius 1 is 0.939 bits per heavy atom. The highest BCUT2D eigenvalue weighted by Crippen LogP contribution is 2.31. The lowest BCUT2D eigenvalue weighted by molar-refractivity contribution is -0.141. The number of aromatic nitrogens is 5. The van der Waals surface area contributed by atoms with Crippen molar-refractivity contribution in [1.29, 1.82) is 0 Å². The van der Waals surface area contributed by atoms with Crippen molar-refractivity contribution < 1.29 is 22.0 Å². The van der Waals surface area contributed by atoms with E-state index in [1.807, 2.05) is 0 Å². The van der Waals surface area contributed by atoms with E-state index in [0.717, 1.165) is 24.4 Å². The molecule has 5 aromatic rings. The third kappa shape index (κ3) is 3.32. The summed E-state index contributed by atoms with van der Waals surface area (Å²) in [7, 11) is 1.50. The maximum absolute atomic E-state index is 14.3. The number of hydrogen-bond acceptors (Lipinski definition) is 4. The molecule has 0 atom stereocenters. The summed E-state index contributed by atoms with van der Waals surface area (Å²) in [6.45, 7) is 0. The van der Waals surface area contributed by atoms with Gasteiger partial charge in [0.05, 0.1) is 34.6 Å². The average molecular weight is 457 g/mol. The van der Waals surface area contributed by atoms with Crippen LogP contribution in [0.25, 0.3) is 38.8 Å². The second-order valence-electron chi connectivity index (χ2n) is 7.27. The van der Waals surface area contributed by atoms with Crippen molar-refractivity contribution in [2.24, 2.45) is 7.05 Å². The molecular formula is C22H12F5N5O. The van der Waals surface area contributed by atoms with Gasteiger partial charge in [-0.1, -0.05) is 6.07 Å². The Labute approximate surface area is 181 Å². The van der Waals surface area contributed by atoms with Crippen molar-refractivity contribution in [2.75, 3.05) is 0 Å². The Balaban J connectivity index is 1.80. The van der Waals surface area contributed by atoms with Gasteiger partial charge in [-0.05, 0) is 42.0 Å². The van der Waals surface area contributed by atoms with Gasteiger partial charge in [0.25, 0.3) is 0 Å². The molecule has 0 aliphatic heterocycles. The summed E-state index contributed by atoms with van der Waals surface area (Å²) in [6, 6.07) is 8.93. The summed E-state index contributed by atoms with van der Waals surface area (Å²) in [5.74, 6) is -1.97. The van der Waals surface area contributed by atoms with Crippen LogP contribution in [0.4, 0.5) is 22.0 Å². The lowest BCUT2D eigenvalue weighted by Crippen LogP contribution is -2.21. The molecule has 0 unspecified atom stereocenters. The van der Waals surface area contributed by atoms with Gasteiger partial charge in [0.15, 0.2) is 0 Å². The predicted octanol–water partition coefficient (Wildman–Crippen LogP) is 4.63. The molecule has 4 aromatic heterocycles. The number of nitrogens with zero attached hydrogens (tertiary/aromatic N) is 5. The fourth-order valence-corrected chi connectivity index (χ4v) is 3.72. The molecule has 0 aliphatic rings. The maximum atomic E-state index is 14.3. The number of benzene rings is 1. The monoisotopic (exact) mass is 457 g/mol. The third-order valence-corrected chi connectivity index (χ3v) is 5.31. The largest absolute Gasteiger partial charge is 0.433 e. The van der Waals surface area contributed by atoms with Crippen LogP contribution in [-0.4, -0.2) is 24.1 Å². The van der Waals surface area contributed by atoms with Gasteiger partial charge in [-0.2, -0.15) is 26.9 Å². The molecule has 33 heavy (non-hydrogen) atoms. The van der Waals surface area contributed by atoms with Crippen LogP contribution in [0, 0.1) is 11.9 Å². The Morgan fingerprint density at radius 3 is 2.39 bits per heavy atom. The molecular weight excluding hydrogens is 445 g/mol. The lowest BCUT2D eigenvalue weighted by Gasteiger charge is -2.09. The van der Waals surface area contributed by atoms with Crippen LogP contribution in [-0.2, 0) is 13.2 Å². The van der Waals surface area contributed by atoms with Gasteiger partial charge in [0, 0.05) is 18.0 Å². The van der Waals surface area contributed by atoms with Crippen LogP contribution in [0.15, 0.2) is 59.7 Å². The summed E-state index contributed by atoms with van der Waals surface area (Å²) in [5, 5.41) is 0.436. The highest BCUT2D eigenvalue weighted by Gasteiger charge is 2.32. The van der Waals surface area contributed by atoms with Crippen LogP contribution in [0.3, 0.4) is 0 Å². The summed E-state index contributed by atoms with van der Waals surface area (Å²) >= 11 is 0. The number of aryl methyl sites for hydroxylation is 1. The molecule has 0 radical (unpaired) electrons. The highest BCUT2D eigenvalue weighted by molar-refractivity contribution is 6.04. The Kier molecular flexibility index (Phi) is 4.52. The smallest absolute Gasteiger partial charge is 0.293 e. The molecule has 11 heteroatoms. The standard InChI is InChI=1S/C22H12F5N5O/c1-31-16-10-28-15-5-2-11(13-4-7-18(23)30-20(13)24)8-14(15)19(16)32(21(31)33)12-3-6-17(29-9-12)22(25,26)27/h2-10H,1H3. The first-order valence-corrected chi connectivity index (χ1v) is 9.51. The van der Waals surface area contributed by atoms with E-state index in [-0.39, 0.29) is 11.3 Å². The topological polar surface area (TPSA) is 65.6 Å². The van der Waals surface area contributed by atoms with Gasteiger partial charge in [-0.3, -0.25) is 14.1 Å². The molecule has 0 bridgehead atoms. The molecule has 5 rings (SSSR count). The molecule has 0 fully saturated rings. The normalized spacial score (nSPS) is 12.1. The van der Waals surface area contributed by atoms with Crippen molar-refractivity contribution in [1.82, 2.24) is 24.1 Å². The number of hydrogen-bond donors (Lipinski definition) is 0. The first-order chi connectivity index (χ1) is 15.6. The van der Waals surface area contributed by atoms with E-state index in [1.165, 1.54) is 28.4 Å². The van der Waals surface area contributed by atoms with Crippen LogP contribution in [0.1, 0.15) is 5.69 Å². The van der Waals surface area contributed by atoms with Crippen molar-refractivity contribution in [3.8, 4) is 16.8 Å². The first-order valence-electron chi connectivity index (χ1n) is 9.51. The second kappa shape index (κ2) is 7.19. The number of rotatable bonds is 2. The summed E-state index contributed by atoms with van der Waals surface area (Å²) < 4.78 is 68.8. The van der Waals surface area contributed by atoms with Crippen molar-refractivity contribution in [3.63, 3.8) is 0 Å². The number of pyridine rings is 3. The summed E-state index contributed by atoms with van der Waals surface area (Å²) in [6.07, 6.45) is -2.20. The minimum absolute atomic E-state index is 0.0383. The minimum atomic E-state index is -4.62. The minimum Gasteiger partial charge on any atom is -0.293 e. The van der Waals surface area contributed by atoms with E-state index in [4.69, 9.17) is 0 Å². The second-order valence-corrected chi connectivity index (χ2v) is 7.27. The molecule has 0 amide bonds. The highest BCUT2D eigenvalue weighted by atomic mass is 19.4. The van der Waals surface area contributed by atoms with Gasteiger partial charge in [0.2, 0.25) is 11.9 Å². The lowest BCUT2D eigenvalue weighted by atomic mass is 10.0. The third-order valence-electron chi connectivity index (χ3n) is 5.31. The summed E-state index contributed by atoms with van der Waals surface area (Å²) in [4.78, 5) is 24.0. The Bertz CT molecular complexity index is 1600. The van der Waals surface area contributed by atoms with E-state index >= 15 is 0 Å². The Hall–Kier alpha value is -4.15. The number of fused-ring (bicyclic) bond motifs is 3. The molecule has 6 nitrogen and oxygen atoms in total. The molecule has 4 heterocycles. The van der Waals surface area contributed by atoms with Gasteiger partial charge >= 0.3 is 11.9 Å². The number of alkyl halides is 3. The van der Waals surface area contributed by atoms with Gasteiger partial charge < -0.3 is 0 Å². The maximum Gasteiger partial charge on any atom is 0.433 e.